The van der Waals surface area contributed by atoms with Crippen molar-refractivity contribution in [3.8, 4) is 0 Å². The molecular weight excluding hydrogens is 997 g/mol. The van der Waals surface area contributed by atoms with E-state index in [0.717, 1.165) is 167 Å². The van der Waals surface area contributed by atoms with Gasteiger partial charge in [-0.3, -0.25) is 14.4 Å². The lowest BCUT2D eigenvalue weighted by Gasteiger charge is -2.18. The zero-order valence-corrected chi connectivity index (χ0v) is 52.8. The summed E-state index contributed by atoms with van der Waals surface area (Å²) in [5, 5.41) is 0. The number of ether oxygens (including phenoxy) is 3. The summed E-state index contributed by atoms with van der Waals surface area (Å²) >= 11 is 0. The van der Waals surface area contributed by atoms with Gasteiger partial charge < -0.3 is 14.2 Å². The van der Waals surface area contributed by atoms with Crippen LogP contribution < -0.4 is 0 Å². The normalized spacial score (nSPS) is 13.0. The van der Waals surface area contributed by atoms with Crippen LogP contribution in [0.1, 0.15) is 303 Å². The average Bonchev–Trinajstić information content (AvgIpc) is 3.46. The quantitative estimate of drug-likeness (QED) is 0.0261. The number of esters is 3. The zero-order valence-electron chi connectivity index (χ0n) is 52.8. The van der Waals surface area contributed by atoms with Gasteiger partial charge in [-0.15, -0.1) is 0 Å². The molecule has 0 radical (unpaired) electrons. The van der Waals surface area contributed by atoms with Crippen molar-refractivity contribution in [1.82, 2.24) is 0 Å². The number of carbonyl (C=O) groups excluding carboxylic acids is 3. The van der Waals surface area contributed by atoms with E-state index in [4.69, 9.17) is 14.2 Å². The third-order valence-electron chi connectivity index (χ3n) is 14.1. The highest BCUT2D eigenvalue weighted by Crippen LogP contribution is 2.16. The van der Waals surface area contributed by atoms with Crippen LogP contribution >= 0.6 is 0 Å². The van der Waals surface area contributed by atoms with E-state index in [1.165, 1.54) is 96.3 Å². The lowest BCUT2D eigenvalue weighted by Crippen LogP contribution is -2.30. The number of rotatable bonds is 60. The first kappa shape index (κ1) is 76.5. The van der Waals surface area contributed by atoms with Gasteiger partial charge in [0.25, 0.3) is 0 Å². The molecule has 0 amide bonds. The second-order valence-electron chi connectivity index (χ2n) is 22.0. The Labute approximate surface area is 500 Å². The lowest BCUT2D eigenvalue weighted by atomic mass is 10.0. The monoisotopic (exact) mass is 1120 g/mol. The lowest BCUT2D eigenvalue weighted by molar-refractivity contribution is -0.167. The van der Waals surface area contributed by atoms with E-state index in [-0.39, 0.29) is 31.1 Å². The van der Waals surface area contributed by atoms with Gasteiger partial charge in [-0.25, -0.2) is 0 Å². The summed E-state index contributed by atoms with van der Waals surface area (Å²) in [5.41, 5.74) is 0. The van der Waals surface area contributed by atoms with Gasteiger partial charge in [-0.05, 0) is 116 Å². The van der Waals surface area contributed by atoms with Crippen molar-refractivity contribution >= 4 is 17.9 Å². The molecule has 460 valence electrons. The second kappa shape index (κ2) is 68.1. The van der Waals surface area contributed by atoms with Gasteiger partial charge in [0, 0.05) is 19.3 Å². The fourth-order valence-electron chi connectivity index (χ4n) is 9.12. The molecule has 0 fully saturated rings. The molecule has 0 aromatic rings. The van der Waals surface area contributed by atoms with Crippen molar-refractivity contribution < 1.29 is 28.6 Å². The summed E-state index contributed by atoms with van der Waals surface area (Å²) in [4.78, 5) is 38.3. The predicted molar refractivity (Wildman–Crippen MR) is 353 cm³/mol. The van der Waals surface area contributed by atoms with Gasteiger partial charge in [0.1, 0.15) is 13.2 Å². The highest BCUT2D eigenvalue weighted by molar-refractivity contribution is 5.71. The van der Waals surface area contributed by atoms with Crippen molar-refractivity contribution in [2.75, 3.05) is 13.2 Å². The standard InChI is InChI=1S/C75H124O6/c1-4-7-10-13-16-19-22-25-27-29-30-31-32-33-34-35-36-37-38-39-40-41-42-43-44-46-47-50-53-56-59-62-65-68-74(77)80-71-72(70-79-73(76)67-64-61-58-55-52-49-24-21-18-15-12-9-6-3)81-75(78)69-66-63-60-57-54-51-48-45-28-26-23-20-17-14-11-8-5-2/h7,10,12,15-16,19,21,24-25,27,30-31,33-34,36-37,39-40,42-43,46-47,72H,4-6,8-9,11,13-14,17-18,20,22-23,26,28-29,32,35,38,41,44-45,48-71H2,1-3H3/b10-7-,15-12-,19-16-,24-21-,27-25-,31-30-,34-33-,37-36-,40-39-,43-42-,47-46-. The van der Waals surface area contributed by atoms with Gasteiger partial charge >= 0.3 is 17.9 Å². The summed E-state index contributed by atoms with van der Waals surface area (Å²) in [6.45, 7) is 6.45. The maximum atomic E-state index is 12.9. The Balaban J connectivity index is 4.33. The molecule has 0 aromatic carbocycles. The smallest absolute Gasteiger partial charge is 0.306 e. The van der Waals surface area contributed by atoms with E-state index >= 15 is 0 Å². The van der Waals surface area contributed by atoms with Gasteiger partial charge in [0.05, 0.1) is 0 Å². The number of allylic oxidation sites excluding steroid dienone is 22. The maximum Gasteiger partial charge on any atom is 0.306 e. The average molecular weight is 1120 g/mol. The molecule has 0 heterocycles. The fraction of sp³-hybridized carbons (Fsp3) is 0.667. The molecule has 0 aromatic heterocycles. The summed E-state index contributed by atoms with van der Waals surface area (Å²) in [7, 11) is 0. The van der Waals surface area contributed by atoms with Gasteiger partial charge in [-0.1, -0.05) is 302 Å². The van der Waals surface area contributed by atoms with E-state index in [1.807, 2.05) is 0 Å². The summed E-state index contributed by atoms with van der Waals surface area (Å²) in [6, 6.07) is 0. The molecule has 0 saturated heterocycles. The molecule has 0 spiro atoms. The van der Waals surface area contributed by atoms with E-state index < -0.39 is 6.10 Å². The highest BCUT2D eigenvalue weighted by Gasteiger charge is 2.19. The molecule has 0 saturated carbocycles. The third kappa shape index (κ3) is 66.2. The Hall–Kier alpha value is -4.45. The molecule has 6 nitrogen and oxygen atoms in total. The van der Waals surface area contributed by atoms with Crippen LogP contribution in [-0.4, -0.2) is 37.2 Å². The van der Waals surface area contributed by atoms with E-state index in [0.29, 0.717) is 19.3 Å². The first-order valence-corrected chi connectivity index (χ1v) is 33.7. The Morgan fingerprint density at radius 1 is 0.259 bits per heavy atom. The third-order valence-corrected chi connectivity index (χ3v) is 14.1. The Bertz CT molecular complexity index is 1720. The molecule has 0 rings (SSSR count). The summed E-state index contributed by atoms with van der Waals surface area (Å²) < 4.78 is 16.9. The van der Waals surface area contributed by atoms with Crippen molar-refractivity contribution in [2.24, 2.45) is 0 Å². The first-order chi connectivity index (χ1) is 40.0. The van der Waals surface area contributed by atoms with Gasteiger partial charge in [0.2, 0.25) is 0 Å². The van der Waals surface area contributed by atoms with Crippen LogP contribution in [0.25, 0.3) is 0 Å². The molecule has 1 atom stereocenters. The van der Waals surface area contributed by atoms with Gasteiger partial charge in [0.15, 0.2) is 6.10 Å². The van der Waals surface area contributed by atoms with Crippen molar-refractivity contribution in [1.29, 1.82) is 0 Å². The Kier molecular flexibility index (Phi) is 64.3. The summed E-state index contributed by atoms with van der Waals surface area (Å²) in [5.74, 6) is -0.917. The van der Waals surface area contributed by atoms with Crippen LogP contribution in [-0.2, 0) is 28.6 Å². The maximum absolute atomic E-state index is 12.9. The number of carbonyl (C=O) groups is 3. The van der Waals surface area contributed by atoms with Crippen LogP contribution in [0.15, 0.2) is 134 Å². The zero-order chi connectivity index (χ0) is 58.5. The molecule has 1 unspecified atom stereocenters. The largest absolute Gasteiger partial charge is 0.462 e. The molecule has 0 aliphatic carbocycles. The highest BCUT2D eigenvalue weighted by atomic mass is 16.6. The second-order valence-corrected chi connectivity index (χ2v) is 22.0. The molecule has 0 aliphatic rings. The van der Waals surface area contributed by atoms with Crippen LogP contribution in [0.3, 0.4) is 0 Å². The van der Waals surface area contributed by atoms with Crippen LogP contribution in [0, 0.1) is 0 Å². The number of hydrogen-bond acceptors (Lipinski definition) is 6. The number of hydrogen-bond donors (Lipinski definition) is 0. The Morgan fingerprint density at radius 3 is 0.802 bits per heavy atom. The predicted octanol–water partition coefficient (Wildman–Crippen LogP) is 23.3. The number of unbranched alkanes of at least 4 members (excludes halogenated alkanes) is 27. The molecular formula is C75H124O6. The van der Waals surface area contributed by atoms with Crippen LogP contribution in [0.5, 0.6) is 0 Å². The van der Waals surface area contributed by atoms with Crippen LogP contribution in [0.2, 0.25) is 0 Å². The molecule has 81 heavy (non-hydrogen) atoms. The van der Waals surface area contributed by atoms with Crippen molar-refractivity contribution in [3.05, 3.63) is 134 Å². The van der Waals surface area contributed by atoms with Crippen LogP contribution in [0.4, 0.5) is 0 Å². The molecule has 0 N–H and O–H groups in total. The summed E-state index contributed by atoms with van der Waals surface area (Å²) in [6.07, 6.45) is 96.1. The minimum atomic E-state index is -0.795. The van der Waals surface area contributed by atoms with E-state index in [2.05, 4.69) is 154 Å². The van der Waals surface area contributed by atoms with Crippen molar-refractivity contribution in [3.63, 3.8) is 0 Å². The van der Waals surface area contributed by atoms with Gasteiger partial charge in [-0.2, -0.15) is 0 Å². The van der Waals surface area contributed by atoms with E-state index in [9.17, 15) is 14.4 Å². The van der Waals surface area contributed by atoms with E-state index in [1.54, 1.807) is 0 Å². The fourth-order valence-corrected chi connectivity index (χ4v) is 9.12. The molecule has 0 bridgehead atoms. The molecule has 0 aliphatic heterocycles. The SMILES string of the molecule is CC/C=C\C/C=C\C/C=C\C/C=C\C/C=C\C/C=C\C/C=C\C/C=C\C/C=C\CCCCCCCC(=O)OCC(COC(=O)CCCCCCC/C=C\C/C=C\CCC)OC(=O)CCCCCCCCCCCCCCCCCCC. The van der Waals surface area contributed by atoms with Crippen molar-refractivity contribution in [2.45, 2.75) is 309 Å². The minimum Gasteiger partial charge on any atom is -0.462 e. The first-order valence-electron chi connectivity index (χ1n) is 33.7. The minimum absolute atomic E-state index is 0.0920. The Morgan fingerprint density at radius 2 is 0.506 bits per heavy atom. The molecule has 6 heteroatoms. The topological polar surface area (TPSA) is 78.9 Å².